The van der Waals surface area contributed by atoms with Crippen LogP contribution in [-0.4, -0.2) is 53.8 Å². The summed E-state index contributed by atoms with van der Waals surface area (Å²) in [6.45, 7) is -0.486. The molecule has 150 valence electrons. The van der Waals surface area contributed by atoms with Gasteiger partial charge in [-0.15, -0.1) is 11.3 Å². The lowest BCUT2D eigenvalue weighted by Crippen LogP contribution is -2.33. The highest BCUT2D eigenvalue weighted by Crippen LogP contribution is 2.39. The molecule has 1 aromatic rings. The summed E-state index contributed by atoms with van der Waals surface area (Å²) in [7, 11) is 0. The molecule has 0 spiro atoms. The number of ketones is 1. The zero-order chi connectivity index (χ0) is 21.3. The van der Waals surface area contributed by atoms with Gasteiger partial charge in [0.2, 0.25) is 0 Å². The second kappa shape index (κ2) is 8.88. The van der Waals surface area contributed by atoms with Crippen LogP contribution in [-0.2, 0) is 19.2 Å². The molecule has 0 radical (unpaired) electrons. The summed E-state index contributed by atoms with van der Waals surface area (Å²) in [4.78, 5) is 49.7. The number of nitrogens with zero attached hydrogens (tertiary/aromatic N) is 1. The second-order valence-electron chi connectivity index (χ2n) is 5.85. The van der Waals surface area contributed by atoms with E-state index >= 15 is 0 Å². The number of carboxylic acids is 2. The van der Waals surface area contributed by atoms with Crippen molar-refractivity contribution >= 4 is 104 Å². The van der Waals surface area contributed by atoms with Gasteiger partial charge in [0.25, 0.3) is 5.91 Å². The Bertz CT molecular complexity index is 945. The summed E-state index contributed by atoms with van der Waals surface area (Å²) < 4.78 is 0.538. The number of Topliss-reactive ketones (excluding diaryl/α,β-unsaturated/α-hetero) is 1. The third kappa shape index (κ3) is 5.01. The third-order valence-electron chi connectivity index (χ3n) is 3.79. The fourth-order valence-corrected chi connectivity index (χ4v) is 6.24. The molecule has 1 atom stereocenters. The second-order valence-corrected chi connectivity index (χ2v) is 10.5. The summed E-state index contributed by atoms with van der Waals surface area (Å²) in [5, 5.41) is 17.8. The maximum absolute atomic E-state index is 12.4. The first-order valence-corrected chi connectivity index (χ1v) is 11.2. The summed E-state index contributed by atoms with van der Waals surface area (Å²) >= 11 is 13.6. The van der Waals surface area contributed by atoms with Gasteiger partial charge in [-0.1, -0.05) is 48.0 Å². The zero-order valence-corrected chi connectivity index (χ0v) is 18.4. The van der Waals surface area contributed by atoms with E-state index in [1.54, 1.807) is 24.3 Å². The van der Waals surface area contributed by atoms with Crippen LogP contribution in [0.5, 0.6) is 0 Å². The van der Waals surface area contributed by atoms with E-state index in [2.05, 4.69) is 0 Å². The molecule has 1 aromatic heterocycles. The lowest BCUT2D eigenvalue weighted by molar-refractivity contribution is -0.140. The lowest BCUT2D eigenvalue weighted by atomic mass is 10.0. The quantitative estimate of drug-likeness (QED) is 0.460. The monoisotopic (exact) mass is 485 g/mol. The van der Waals surface area contributed by atoms with E-state index in [9.17, 15) is 19.2 Å². The normalized spacial score (nSPS) is 22.3. The number of thiophene rings is 1. The highest BCUT2D eigenvalue weighted by Gasteiger charge is 2.37. The van der Waals surface area contributed by atoms with Gasteiger partial charge >= 0.3 is 11.9 Å². The molecule has 2 saturated heterocycles. The van der Waals surface area contributed by atoms with Gasteiger partial charge in [-0.3, -0.25) is 24.1 Å². The van der Waals surface area contributed by atoms with Crippen molar-refractivity contribution in [1.29, 1.82) is 0 Å². The Morgan fingerprint density at radius 2 is 1.66 bits per heavy atom. The summed E-state index contributed by atoms with van der Waals surface area (Å²) in [6.07, 6.45) is 2.95. The van der Waals surface area contributed by atoms with Crippen molar-refractivity contribution < 1.29 is 29.4 Å². The SMILES string of the molecule is O=C(O)CC1C(=O)C(=Cc2ccc(C=C3SC(=S)N(CC(=O)O)C3=O)s2)SC1=S. The predicted molar refractivity (Wildman–Crippen MR) is 121 cm³/mol. The standard InChI is InChI=1S/C17H11NO6S5/c19-12(20)5-9-14(23)10(28-16(9)25)3-7-1-2-8(27-7)4-11-15(24)18(6-13(21)22)17(26)29-11/h1-4,9H,5-6H2,(H,19,20)(H,21,22). The van der Waals surface area contributed by atoms with Crippen LogP contribution in [0.3, 0.4) is 0 Å². The molecular weight excluding hydrogens is 475 g/mol. The molecule has 0 saturated carbocycles. The number of aliphatic carboxylic acids is 2. The van der Waals surface area contributed by atoms with Gasteiger partial charge in [-0.25, -0.2) is 0 Å². The lowest BCUT2D eigenvalue weighted by Gasteiger charge is -2.09. The predicted octanol–water partition coefficient (Wildman–Crippen LogP) is 3.11. The maximum atomic E-state index is 12.4. The van der Waals surface area contributed by atoms with Crippen LogP contribution < -0.4 is 0 Å². The smallest absolute Gasteiger partial charge is 0.323 e. The Morgan fingerprint density at radius 3 is 2.24 bits per heavy atom. The minimum atomic E-state index is -1.15. The number of carboxylic acid groups (broad SMARTS) is 2. The highest BCUT2D eigenvalue weighted by atomic mass is 32.2. The molecule has 3 heterocycles. The van der Waals surface area contributed by atoms with E-state index in [0.29, 0.717) is 14.0 Å². The Hall–Kier alpha value is -1.86. The molecule has 12 heteroatoms. The van der Waals surface area contributed by atoms with Crippen molar-refractivity contribution in [2.75, 3.05) is 6.54 Å². The van der Waals surface area contributed by atoms with E-state index in [4.69, 9.17) is 34.6 Å². The van der Waals surface area contributed by atoms with Crippen molar-refractivity contribution in [3.63, 3.8) is 0 Å². The number of thioether (sulfide) groups is 2. The van der Waals surface area contributed by atoms with Gasteiger partial charge in [0.15, 0.2) is 5.78 Å². The molecule has 0 aromatic carbocycles. The van der Waals surface area contributed by atoms with E-state index in [1.807, 2.05) is 0 Å². The third-order valence-corrected chi connectivity index (χ3v) is 7.71. The topological polar surface area (TPSA) is 112 Å². The van der Waals surface area contributed by atoms with Crippen LogP contribution in [0.15, 0.2) is 21.9 Å². The fourth-order valence-electron chi connectivity index (χ4n) is 2.51. The summed E-state index contributed by atoms with van der Waals surface area (Å²) in [6, 6.07) is 3.53. The Kier molecular flexibility index (Phi) is 6.69. The minimum absolute atomic E-state index is 0.188. The van der Waals surface area contributed by atoms with E-state index in [-0.39, 0.29) is 16.5 Å². The van der Waals surface area contributed by atoms with Crippen LogP contribution in [0.4, 0.5) is 0 Å². The van der Waals surface area contributed by atoms with Crippen LogP contribution in [0.25, 0.3) is 12.2 Å². The maximum Gasteiger partial charge on any atom is 0.323 e. The van der Waals surface area contributed by atoms with Crippen LogP contribution in [0.2, 0.25) is 0 Å². The number of allylic oxidation sites excluding steroid dienone is 1. The van der Waals surface area contributed by atoms with Crippen LogP contribution in [0.1, 0.15) is 16.2 Å². The molecule has 0 bridgehead atoms. The van der Waals surface area contributed by atoms with Crippen molar-refractivity contribution in [1.82, 2.24) is 4.90 Å². The Labute approximate surface area is 187 Å². The first kappa shape index (κ1) is 21.8. The molecule has 2 aliphatic rings. The van der Waals surface area contributed by atoms with E-state index < -0.39 is 30.3 Å². The molecule has 2 aliphatic heterocycles. The average molecular weight is 486 g/mol. The molecule has 1 amide bonds. The van der Waals surface area contributed by atoms with Crippen LogP contribution in [0, 0.1) is 5.92 Å². The molecule has 1 unspecified atom stereocenters. The highest BCUT2D eigenvalue weighted by molar-refractivity contribution is 8.27. The first-order chi connectivity index (χ1) is 13.7. The van der Waals surface area contributed by atoms with Crippen molar-refractivity contribution in [3.8, 4) is 0 Å². The number of amides is 1. The number of thiocarbonyl (C=S) groups is 2. The molecule has 2 fully saturated rings. The molecule has 2 N–H and O–H groups in total. The summed E-state index contributed by atoms with van der Waals surface area (Å²) in [5.41, 5.74) is 0. The average Bonchev–Trinajstić information content (AvgIpc) is 3.25. The Balaban J connectivity index is 1.77. The van der Waals surface area contributed by atoms with Crippen molar-refractivity contribution in [3.05, 3.63) is 31.7 Å². The first-order valence-electron chi connectivity index (χ1n) is 7.92. The molecule has 29 heavy (non-hydrogen) atoms. The van der Waals surface area contributed by atoms with E-state index in [1.165, 1.54) is 11.3 Å². The number of hydrogen-bond donors (Lipinski definition) is 2. The number of hydrogen-bond acceptors (Lipinski definition) is 9. The van der Waals surface area contributed by atoms with Gasteiger partial charge in [0.1, 0.15) is 10.9 Å². The molecular formula is C17H11NO6S5. The van der Waals surface area contributed by atoms with Crippen LogP contribution >= 0.6 is 59.3 Å². The number of rotatable bonds is 6. The van der Waals surface area contributed by atoms with Crippen molar-refractivity contribution in [2.24, 2.45) is 5.92 Å². The largest absolute Gasteiger partial charge is 0.481 e. The molecule has 0 aliphatic carbocycles. The van der Waals surface area contributed by atoms with Crippen molar-refractivity contribution in [2.45, 2.75) is 6.42 Å². The van der Waals surface area contributed by atoms with Gasteiger partial charge in [-0.2, -0.15) is 0 Å². The van der Waals surface area contributed by atoms with Gasteiger partial charge < -0.3 is 10.2 Å². The van der Waals surface area contributed by atoms with Gasteiger partial charge in [0, 0.05) is 9.75 Å². The fraction of sp³-hybridized carbons (Fsp3) is 0.176. The number of carbonyl (C=O) groups excluding carboxylic acids is 2. The Morgan fingerprint density at radius 1 is 1.03 bits per heavy atom. The van der Waals surface area contributed by atoms with E-state index in [0.717, 1.165) is 38.2 Å². The summed E-state index contributed by atoms with van der Waals surface area (Å²) in [5.74, 6) is -3.78. The van der Waals surface area contributed by atoms with Gasteiger partial charge in [-0.05, 0) is 24.3 Å². The zero-order valence-electron chi connectivity index (χ0n) is 14.3. The molecule has 7 nitrogen and oxygen atoms in total. The molecule has 3 rings (SSSR count). The number of carbonyl (C=O) groups is 4. The van der Waals surface area contributed by atoms with Gasteiger partial charge in [0.05, 0.1) is 26.3 Å². The minimum Gasteiger partial charge on any atom is -0.481 e.